The molecule has 5 N–H and O–H groups in total. The SMILES string of the molecule is NCC(=O)N1CCC(C#Cc2ccc(C(CO)Cc3nc[nH]c(=O)c3O)cc2)CC1. The van der Waals surface area contributed by atoms with Gasteiger partial charge in [-0.3, -0.25) is 9.59 Å². The molecule has 158 valence electrons. The van der Waals surface area contributed by atoms with E-state index in [4.69, 9.17) is 5.73 Å². The fraction of sp³-hybridized carbons (Fsp3) is 0.409. The number of aromatic nitrogens is 2. The van der Waals surface area contributed by atoms with Gasteiger partial charge in [-0.2, -0.15) is 0 Å². The normalized spacial score (nSPS) is 15.3. The number of nitrogens with zero attached hydrogens (tertiary/aromatic N) is 2. The van der Waals surface area contributed by atoms with Crippen LogP contribution in [0.1, 0.15) is 35.6 Å². The maximum atomic E-state index is 11.6. The molecule has 1 aliphatic rings. The Morgan fingerprint density at radius 3 is 2.63 bits per heavy atom. The van der Waals surface area contributed by atoms with E-state index in [9.17, 15) is 19.8 Å². The molecule has 1 unspecified atom stereocenters. The number of piperidine rings is 1. The van der Waals surface area contributed by atoms with Gasteiger partial charge in [-0.05, 0) is 30.5 Å². The number of rotatable bonds is 5. The van der Waals surface area contributed by atoms with Crippen LogP contribution in [0.15, 0.2) is 35.4 Å². The van der Waals surface area contributed by atoms with Gasteiger partial charge in [0.1, 0.15) is 0 Å². The number of aromatic amines is 1. The van der Waals surface area contributed by atoms with E-state index in [1.165, 1.54) is 6.33 Å². The number of hydrogen-bond donors (Lipinski definition) is 4. The van der Waals surface area contributed by atoms with Crippen molar-refractivity contribution in [3.05, 3.63) is 57.8 Å². The molecule has 1 atom stereocenters. The Morgan fingerprint density at radius 2 is 2.00 bits per heavy atom. The van der Waals surface area contributed by atoms with Crippen molar-refractivity contribution in [1.29, 1.82) is 0 Å². The first-order valence-electron chi connectivity index (χ1n) is 9.97. The topological polar surface area (TPSA) is 133 Å². The van der Waals surface area contributed by atoms with Crippen LogP contribution in [0, 0.1) is 17.8 Å². The minimum Gasteiger partial charge on any atom is -0.502 e. The lowest BCUT2D eigenvalue weighted by molar-refractivity contribution is -0.130. The van der Waals surface area contributed by atoms with Crippen molar-refractivity contribution < 1.29 is 15.0 Å². The Labute approximate surface area is 174 Å². The molecule has 1 amide bonds. The van der Waals surface area contributed by atoms with E-state index >= 15 is 0 Å². The first-order chi connectivity index (χ1) is 14.5. The highest BCUT2D eigenvalue weighted by atomic mass is 16.3. The maximum absolute atomic E-state index is 11.6. The highest BCUT2D eigenvalue weighted by Gasteiger charge is 2.20. The van der Waals surface area contributed by atoms with Crippen molar-refractivity contribution in [2.45, 2.75) is 25.2 Å². The van der Waals surface area contributed by atoms with Crippen LogP contribution in [0.4, 0.5) is 0 Å². The van der Waals surface area contributed by atoms with Gasteiger partial charge >= 0.3 is 0 Å². The van der Waals surface area contributed by atoms with E-state index in [1.54, 1.807) is 4.90 Å². The highest BCUT2D eigenvalue weighted by Crippen LogP contribution is 2.23. The number of nitrogens with one attached hydrogen (secondary N) is 1. The fourth-order valence-corrected chi connectivity index (χ4v) is 3.53. The zero-order valence-electron chi connectivity index (χ0n) is 16.7. The molecule has 0 aliphatic carbocycles. The van der Waals surface area contributed by atoms with Gasteiger partial charge in [-0.15, -0.1) is 0 Å². The fourth-order valence-electron chi connectivity index (χ4n) is 3.53. The quantitative estimate of drug-likeness (QED) is 0.526. The molecule has 1 fully saturated rings. The minimum atomic E-state index is -0.597. The molecule has 1 aromatic carbocycles. The molecule has 30 heavy (non-hydrogen) atoms. The molecule has 0 saturated carbocycles. The third-order valence-corrected chi connectivity index (χ3v) is 5.39. The first-order valence-corrected chi connectivity index (χ1v) is 9.97. The Hall–Kier alpha value is -3.15. The number of amides is 1. The third kappa shape index (κ3) is 5.26. The number of nitrogens with two attached hydrogens (primary N) is 1. The molecule has 3 rings (SSSR count). The second kappa shape index (κ2) is 10.1. The predicted octanol–water partition coefficient (Wildman–Crippen LogP) is 0.343. The van der Waals surface area contributed by atoms with Gasteiger partial charge in [-0.25, -0.2) is 4.98 Å². The van der Waals surface area contributed by atoms with Crippen molar-refractivity contribution in [2.75, 3.05) is 26.2 Å². The molecular formula is C22H26N4O4. The number of aliphatic hydroxyl groups is 1. The Balaban J connectivity index is 1.62. The second-order valence-corrected chi connectivity index (χ2v) is 7.36. The largest absolute Gasteiger partial charge is 0.502 e. The monoisotopic (exact) mass is 410 g/mol. The smallest absolute Gasteiger partial charge is 0.293 e. The maximum Gasteiger partial charge on any atom is 0.293 e. The molecule has 0 spiro atoms. The summed E-state index contributed by atoms with van der Waals surface area (Å²) in [5, 5.41) is 19.6. The van der Waals surface area contributed by atoms with Crippen LogP contribution in [-0.4, -0.2) is 57.2 Å². The number of benzene rings is 1. The molecule has 1 saturated heterocycles. The third-order valence-electron chi connectivity index (χ3n) is 5.39. The van der Waals surface area contributed by atoms with Crippen LogP contribution < -0.4 is 11.3 Å². The highest BCUT2D eigenvalue weighted by molar-refractivity contribution is 5.78. The van der Waals surface area contributed by atoms with Crippen LogP contribution in [0.25, 0.3) is 0 Å². The summed E-state index contributed by atoms with van der Waals surface area (Å²) in [6.07, 6.45) is 3.17. The number of likely N-dealkylation sites (tertiary alicyclic amines) is 1. The van der Waals surface area contributed by atoms with E-state index in [1.807, 2.05) is 24.3 Å². The number of aliphatic hydroxyl groups excluding tert-OH is 1. The zero-order valence-corrected chi connectivity index (χ0v) is 16.7. The minimum absolute atomic E-state index is 0.0148. The average Bonchev–Trinajstić information content (AvgIpc) is 2.79. The lowest BCUT2D eigenvalue weighted by Gasteiger charge is -2.29. The Kier molecular flexibility index (Phi) is 7.22. The van der Waals surface area contributed by atoms with Crippen molar-refractivity contribution in [3.63, 3.8) is 0 Å². The summed E-state index contributed by atoms with van der Waals surface area (Å²) in [6.45, 7) is 1.29. The summed E-state index contributed by atoms with van der Waals surface area (Å²) in [5.74, 6) is 5.99. The molecule has 1 aromatic heterocycles. The van der Waals surface area contributed by atoms with Crippen LogP contribution in [0.2, 0.25) is 0 Å². The molecule has 8 heteroatoms. The second-order valence-electron chi connectivity index (χ2n) is 7.36. The van der Waals surface area contributed by atoms with Gasteiger partial charge in [-0.1, -0.05) is 24.0 Å². The number of hydrogen-bond acceptors (Lipinski definition) is 6. The molecular weight excluding hydrogens is 384 g/mol. The summed E-state index contributed by atoms with van der Waals surface area (Å²) >= 11 is 0. The predicted molar refractivity (Wildman–Crippen MR) is 112 cm³/mol. The van der Waals surface area contributed by atoms with Gasteiger partial charge in [0.15, 0.2) is 0 Å². The summed E-state index contributed by atoms with van der Waals surface area (Å²) < 4.78 is 0. The van der Waals surface area contributed by atoms with E-state index in [0.29, 0.717) is 13.1 Å². The average molecular weight is 410 g/mol. The van der Waals surface area contributed by atoms with E-state index < -0.39 is 11.3 Å². The summed E-state index contributed by atoms with van der Waals surface area (Å²) in [4.78, 5) is 31.2. The summed E-state index contributed by atoms with van der Waals surface area (Å²) in [6, 6.07) is 7.56. The number of H-pyrrole nitrogens is 1. The van der Waals surface area contributed by atoms with Crippen LogP contribution in [0.3, 0.4) is 0 Å². The zero-order chi connectivity index (χ0) is 21.5. The lowest BCUT2D eigenvalue weighted by Crippen LogP contribution is -2.41. The van der Waals surface area contributed by atoms with E-state index in [-0.39, 0.29) is 43.0 Å². The molecule has 2 aromatic rings. The summed E-state index contributed by atoms with van der Waals surface area (Å²) in [7, 11) is 0. The number of carbonyl (C=O) groups excluding carboxylic acids is 1. The molecule has 2 heterocycles. The molecule has 1 aliphatic heterocycles. The Morgan fingerprint density at radius 1 is 1.30 bits per heavy atom. The van der Waals surface area contributed by atoms with Crippen molar-refractivity contribution in [2.24, 2.45) is 11.7 Å². The van der Waals surface area contributed by atoms with Crippen LogP contribution in [-0.2, 0) is 11.2 Å². The number of aromatic hydroxyl groups is 1. The van der Waals surface area contributed by atoms with Gasteiger partial charge in [0.05, 0.1) is 25.2 Å². The van der Waals surface area contributed by atoms with E-state index in [0.717, 1.165) is 24.0 Å². The van der Waals surface area contributed by atoms with Crippen LogP contribution in [0.5, 0.6) is 5.75 Å². The molecule has 0 bridgehead atoms. The van der Waals surface area contributed by atoms with Crippen LogP contribution >= 0.6 is 0 Å². The first kappa shape index (κ1) is 21.6. The van der Waals surface area contributed by atoms with E-state index in [2.05, 4.69) is 21.8 Å². The van der Waals surface area contributed by atoms with Crippen molar-refractivity contribution in [1.82, 2.24) is 14.9 Å². The lowest BCUT2D eigenvalue weighted by atomic mass is 9.93. The molecule has 0 radical (unpaired) electrons. The van der Waals surface area contributed by atoms with Gasteiger partial charge < -0.3 is 25.8 Å². The van der Waals surface area contributed by atoms with Gasteiger partial charge in [0.25, 0.3) is 5.56 Å². The summed E-state index contributed by atoms with van der Waals surface area (Å²) in [5.41, 5.74) is 6.80. The standard InChI is InChI=1S/C22H26N4O4/c23-12-20(28)26-9-7-16(8-10-26)2-1-15-3-5-17(6-4-15)18(13-27)11-19-21(29)22(30)25-14-24-19/h3-6,14,16,18,27,29H,7-13,23H2,(H,24,25,30). The van der Waals surface area contributed by atoms with Gasteiger partial charge in [0.2, 0.25) is 11.7 Å². The number of carbonyl (C=O) groups is 1. The van der Waals surface area contributed by atoms with Gasteiger partial charge in [0, 0.05) is 36.9 Å². The van der Waals surface area contributed by atoms with Crippen molar-refractivity contribution in [3.8, 4) is 17.6 Å². The molecule has 8 nitrogen and oxygen atoms in total. The Bertz CT molecular complexity index is 983. The van der Waals surface area contributed by atoms with Crippen molar-refractivity contribution >= 4 is 5.91 Å².